The van der Waals surface area contributed by atoms with Gasteiger partial charge in [-0.2, -0.15) is 0 Å². The maximum absolute atomic E-state index is 12.5. The van der Waals surface area contributed by atoms with Crippen molar-refractivity contribution in [1.29, 1.82) is 0 Å². The second-order valence-electron chi connectivity index (χ2n) is 9.40. The van der Waals surface area contributed by atoms with E-state index in [1.807, 2.05) is 24.3 Å². The fraction of sp³-hybridized carbons (Fsp3) is 0.393. The zero-order valence-electron chi connectivity index (χ0n) is 20.5. The summed E-state index contributed by atoms with van der Waals surface area (Å²) in [6, 6.07) is 16.4. The molecule has 7 heteroatoms. The van der Waals surface area contributed by atoms with Crippen LogP contribution < -0.4 is 10.6 Å². The summed E-state index contributed by atoms with van der Waals surface area (Å²) in [5.74, 6) is -0.900. The van der Waals surface area contributed by atoms with Crippen LogP contribution in [-0.4, -0.2) is 42.8 Å². The monoisotopic (exact) mass is 478 g/mol. The molecule has 0 aromatic heterocycles. The molecule has 186 valence electrons. The number of rotatable bonds is 11. The highest BCUT2D eigenvalue weighted by Gasteiger charge is 2.29. The molecule has 0 aliphatic heterocycles. The topological polar surface area (TPSA) is 105 Å². The number of amides is 2. The first-order valence-corrected chi connectivity index (χ1v) is 12.0. The number of benzene rings is 2. The fourth-order valence-electron chi connectivity index (χ4n) is 4.52. The Labute approximate surface area is 206 Å². The molecule has 2 amide bonds. The van der Waals surface area contributed by atoms with Crippen molar-refractivity contribution in [2.24, 2.45) is 11.8 Å². The summed E-state index contributed by atoms with van der Waals surface area (Å²) in [6.07, 6.45) is 1.97. The van der Waals surface area contributed by atoms with Crippen LogP contribution in [0.4, 0.5) is 4.79 Å². The highest BCUT2D eigenvalue weighted by Crippen LogP contribution is 2.44. The van der Waals surface area contributed by atoms with Gasteiger partial charge in [0.2, 0.25) is 5.91 Å². The van der Waals surface area contributed by atoms with Gasteiger partial charge in [0.05, 0.1) is 0 Å². The van der Waals surface area contributed by atoms with Crippen LogP contribution in [0, 0.1) is 11.8 Å². The van der Waals surface area contributed by atoms with Gasteiger partial charge in [-0.3, -0.25) is 4.79 Å². The molecule has 0 saturated carbocycles. The SMILES string of the molecule is C/C(=C\CNC(=O)CC(CNC(=O)OCC1c2ccccc2-c2ccccc21)CC(C)C)C(=O)O. The second-order valence-corrected chi connectivity index (χ2v) is 9.40. The summed E-state index contributed by atoms with van der Waals surface area (Å²) < 4.78 is 5.60. The van der Waals surface area contributed by atoms with Crippen molar-refractivity contribution in [1.82, 2.24) is 10.6 Å². The first kappa shape index (κ1) is 26.0. The van der Waals surface area contributed by atoms with E-state index in [9.17, 15) is 14.4 Å². The molecule has 0 fully saturated rings. The Morgan fingerprint density at radius 2 is 1.60 bits per heavy atom. The minimum absolute atomic E-state index is 0.00676. The highest BCUT2D eigenvalue weighted by atomic mass is 16.5. The van der Waals surface area contributed by atoms with Crippen molar-refractivity contribution in [2.45, 2.75) is 39.5 Å². The Balaban J connectivity index is 1.51. The van der Waals surface area contributed by atoms with E-state index in [-0.39, 0.29) is 42.9 Å². The van der Waals surface area contributed by atoms with Crippen molar-refractivity contribution in [3.63, 3.8) is 0 Å². The third kappa shape index (κ3) is 7.18. The Morgan fingerprint density at radius 1 is 1.00 bits per heavy atom. The molecule has 0 radical (unpaired) electrons. The van der Waals surface area contributed by atoms with Crippen LogP contribution >= 0.6 is 0 Å². The van der Waals surface area contributed by atoms with E-state index in [1.165, 1.54) is 24.1 Å². The van der Waals surface area contributed by atoms with Crippen molar-refractivity contribution >= 4 is 18.0 Å². The van der Waals surface area contributed by atoms with E-state index >= 15 is 0 Å². The average Bonchev–Trinajstić information content (AvgIpc) is 3.14. The number of hydrogen-bond acceptors (Lipinski definition) is 4. The van der Waals surface area contributed by atoms with Crippen LogP contribution in [0.2, 0.25) is 0 Å². The van der Waals surface area contributed by atoms with E-state index < -0.39 is 12.1 Å². The maximum atomic E-state index is 12.5. The Morgan fingerprint density at radius 3 is 2.17 bits per heavy atom. The molecule has 0 heterocycles. The lowest BCUT2D eigenvalue weighted by molar-refractivity contribution is -0.132. The Kier molecular flexibility index (Phi) is 9.06. The molecule has 0 bridgehead atoms. The molecule has 7 nitrogen and oxygen atoms in total. The number of aliphatic carboxylic acids is 1. The maximum Gasteiger partial charge on any atom is 0.407 e. The van der Waals surface area contributed by atoms with Crippen molar-refractivity contribution < 1.29 is 24.2 Å². The number of alkyl carbamates (subject to hydrolysis) is 1. The molecule has 1 aliphatic carbocycles. The lowest BCUT2D eigenvalue weighted by atomic mass is 9.93. The van der Waals surface area contributed by atoms with Crippen LogP contribution in [0.15, 0.2) is 60.2 Å². The van der Waals surface area contributed by atoms with Crippen LogP contribution in [0.1, 0.15) is 50.7 Å². The average molecular weight is 479 g/mol. The van der Waals surface area contributed by atoms with E-state index in [1.54, 1.807) is 0 Å². The van der Waals surface area contributed by atoms with Crippen LogP contribution in [-0.2, 0) is 14.3 Å². The number of carboxylic acid groups (broad SMARTS) is 1. The van der Waals surface area contributed by atoms with Gasteiger partial charge >= 0.3 is 12.1 Å². The number of fused-ring (bicyclic) bond motifs is 3. The predicted molar refractivity (Wildman–Crippen MR) is 135 cm³/mol. The van der Waals surface area contributed by atoms with Crippen molar-refractivity contribution in [3.8, 4) is 11.1 Å². The quantitative estimate of drug-likeness (QED) is 0.405. The molecule has 0 saturated heterocycles. The van der Waals surface area contributed by atoms with Crippen LogP contribution in [0.25, 0.3) is 11.1 Å². The van der Waals surface area contributed by atoms with E-state index in [4.69, 9.17) is 9.84 Å². The third-order valence-corrected chi connectivity index (χ3v) is 6.20. The Hall–Kier alpha value is -3.61. The van der Waals surface area contributed by atoms with Gasteiger partial charge < -0.3 is 20.5 Å². The zero-order chi connectivity index (χ0) is 25.4. The summed E-state index contributed by atoms with van der Waals surface area (Å²) in [5.41, 5.74) is 4.84. The summed E-state index contributed by atoms with van der Waals surface area (Å²) in [4.78, 5) is 35.7. The summed E-state index contributed by atoms with van der Waals surface area (Å²) in [7, 11) is 0. The van der Waals surface area contributed by atoms with Gasteiger partial charge in [-0.05, 0) is 47.4 Å². The van der Waals surface area contributed by atoms with Crippen LogP contribution in [0.5, 0.6) is 0 Å². The standard InChI is InChI=1S/C28H34N2O5/c1-18(2)14-20(15-26(31)29-13-12-19(3)27(32)33)16-30-28(34)35-17-25-23-10-6-4-8-21(23)22-9-5-7-11-24(22)25/h4-12,18,20,25H,13-17H2,1-3H3,(H,29,31)(H,30,34)(H,32,33)/b19-12+. The minimum Gasteiger partial charge on any atom is -0.478 e. The van der Waals surface area contributed by atoms with Gasteiger partial charge in [0.25, 0.3) is 0 Å². The normalized spacial score (nSPS) is 13.7. The lowest BCUT2D eigenvalue weighted by Gasteiger charge is -2.20. The molecule has 2 aromatic rings. The molecular weight excluding hydrogens is 444 g/mol. The van der Waals surface area contributed by atoms with Gasteiger partial charge in [-0.15, -0.1) is 0 Å². The smallest absolute Gasteiger partial charge is 0.407 e. The number of nitrogens with one attached hydrogen (secondary N) is 2. The van der Waals surface area contributed by atoms with Crippen LogP contribution in [0.3, 0.4) is 0 Å². The molecule has 0 spiro atoms. The van der Waals surface area contributed by atoms with Gasteiger partial charge in [0.15, 0.2) is 0 Å². The minimum atomic E-state index is -1.01. The number of carbonyl (C=O) groups excluding carboxylic acids is 2. The molecule has 1 aliphatic rings. The molecular formula is C28H34N2O5. The molecule has 2 aromatic carbocycles. The van der Waals surface area contributed by atoms with Crippen molar-refractivity contribution in [3.05, 3.63) is 71.3 Å². The number of ether oxygens (including phenoxy) is 1. The lowest BCUT2D eigenvalue weighted by Crippen LogP contribution is -2.34. The van der Waals surface area contributed by atoms with E-state index in [2.05, 4.69) is 48.7 Å². The molecule has 3 N–H and O–H groups in total. The van der Waals surface area contributed by atoms with Crippen molar-refractivity contribution in [2.75, 3.05) is 19.7 Å². The summed E-state index contributed by atoms with van der Waals surface area (Å²) >= 11 is 0. The highest BCUT2D eigenvalue weighted by molar-refractivity contribution is 5.86. The molecule has 3 rings (SSSR count). The largest absolute Gasteiger partial charge is 0.478 e. The molecule has 1 unspecified atom stereocenters. The first-order chi connectivity index (χ1) is 16.8. The number of carbonyl (C=O) groups is 3. The van der Waals surface area contributed by atoms with Gasteiger partial charge in [0, 0.05) is 31.0 Å². The van der Waals surface area contributed by atoms with Gasteiger partial charge in [0.1, 0.15) is 6.61 Å². The van der Waals surface area contributed by atoms with Gasteiger partial charge in [-0.1, -0.05) is 68.5 Å². The van der Waals surface area contributed by atoms with E-state index in [0.29, 0.717) is 12.5 Å². The number of carboxylic acids is 1. The number of hydrogen-bond donors (Lipinski definition) is 3. The fourth-order valence-corrected chi connectivity index (χ4v) is 4.52. The Bertz CT molecular complexity index is 1050. The van der Waals surface area contributed by atoms with Gasteiger partial charge in [-0.25, -0.2) is 9.59 Å². The predicted octanol–water partition coefficient (Wildman–Crippen LogP) is 4.72. The summed E-state index contributed by atoms with van der Waals surface area (Å²) in [6.45, 7) is 6.34. The summed E-state index contributed by atoms with van der Waals surface area (Å²) in [5, 5.41) is 14.4. The van der Waals surface area contributed by atoms with E-state index in [0.717, 1.165) is 17.5 Å². The third-order valence-electron chi connectivity index (χ3n) is 6.20. The molecule has 35 heavy (non-hydrogen) atoms. The zero-order valence-corrected chi connectivity index (χ0v) is 20.5. The molecule has 1 atom stereocenters. The first-order valence-electron chi connectivity index (χ1n) is 12.0. The second kappa shape index (κ2) is 12.2.